The average Bonchev–Trinajstić information content (AvgIpc) is 1.60. The van der Waals surface area contributed by atoms with Crippen LogP contribution in [0.2, 0.25) is 0 Å². The van der Waals surface area contributed by atoms with E-state index in [1.165, 1.54) is 12.8 Å². The summed E-state index contributed by atoms with van der Waals surface area (Å²) < 4.78 is 0. The highest BCUT2D eigenvalue weighted by molar-refractivity contribution is 4.78. The third kappa shape index (κ3) is 1.98. The summed E-state index contributed by atoms with van der Waals surface area (Å²) in [4.78, 5) is 0. The van der Waals surface area contributed by atoms with Crippen molar-refractivity contribution in [2.75, 3.05) is 0 Å². The first kappa shape index (κ1) is 7.07. The maximum atomic E-state index is 9.24. The van der Waals surface area contributed by atoms with Crippen LogP contribution in [0.15, 0.2) is 0 Å². The van der Waals surface area contributed by atoms with Gasteiger partial charge in [0.05, 0.1) is 6.10 Å². The minimum Gasteiger partial charge on any atom is -0.393 e. The maximum Gasteiger partial charge on any atom is 0.0545 e. The highest BCUT2D eigenvalue weighted by Crippen LogP contribution is 2.34. The van der Waals surface area contributed by atoms with Gasteiger partial charge in [-0.2, -0.15) is 0 Å². The van der Waals surface area contributed by atoms with Crippen LogP contribution in [0.5, 0.6) is 0 Å². The summed E-state index contributed by atoms with van der Waals surface area (Å²) in [6.45, 7) is 4.46. The van der Waals surface area contributed by atoms with Gasteiger partial charge in [-0.25, -0.2) is 0 Å². The molecule has 0 unspecified atom stereocenters. The van der Waals surface area contributed by atoms with E-state index in [1.54, 1.807) is 0 Å². The van der Waals surface area contributed by atoms with Crippen molar-refractivity contribution in [3.63, 3.8) is 0 Å². The number of rotatable bonds is 0. The third-order valence-corrected chi connectivity index (χ3v) is 2.18. The molecule has 9 heavy (non-hydrogen) atoms. The molecule has 0 aromatic heterocycles. The molecule has 1 N–H and O–H groups in total. The molecular weight excluding hydrogens is 112 g/mol. The molecule has 0 saturated heterocycles. The molecule has 1 saturated carbocycles. The lowest BCUT2D eigenvalue weighted by Crippen LogP contribution is -2.25. The van der Waals surface area contributed by atoms with Crippen LogP contribution < -0.4 is 0 Å². The summed E-state index contributed by atoms with van der Waals surface area (Å²) in [5.74, 6) is 0. The van der Waals surface area contributed by atoms with Gasteiger partial charge in [-0.15, -0.1) is 0 Å². The van der Waals surface area contributed by atoms with E-state index in [9.17, 15) is 5.11 Å². The zero-order valence-electron chi connectivity index (χ0n) is 6.35. The molecule has 0 amide bonds. The van der Waals surface area contributed by atoms with Gasteiger partial charge in [0, 0.05) is 0 Å². The fraction of sp³-hybridized carbons (Fsp3) is 1.00. The van der Waals surface area contributed by atoms with E-state index in [0.29, 0.717) is 5.41 Å². The number of hydrogen-bond acceptors (Lipinski definition) is 1. The Morgan fingerprint density at radius 3 is 2.44 bits per heavy atom. The summed E-state index contributed by atoms with van der Waals surface area (Å²) in [7, 11) is 0. The summed E-state index contributed by atoms with van der Waals surface area (Å²) in [6.07, 6.45) is 4.48. The van der Waals surface area contributed by atoms with Crippen LogP contribution in [0.4, 0.5) is 0 Å². The molecule has 0 aliphatic heterocycles. The van der Waals surface area contributed by atoms with Crippen LogP contribution in [0.1, 0.15) is 39.5 Å². The molecule has 1 heteroatoms. The Morgan fingerprint density at radius 2 is 2.11 bits per heavy atom. The second-order valence-corrected chi connectivity index (χ2v) is 3.91. The minimum atomic E-state index is -0.0197. The van der Waals surface area contributed by atoms with Gasteiger partial charge in [0.1, 0.15) is 0 Å². The number of hydrogen-bond donors (Lipinski definition) is 1. The topological polar surface area (TPSA) is 20.2 Å². The van der Waals surface area contributed by atoms with Gasteiger partial charge in [0.25, 0.3) is 0 Å². The molecule has 0 aromatic carbocycles. The van der Waals surface area contributed by atoms with E-state index >= 15 is 0 Å². The van der Waals surface area contributed by atoms with Gasteiger partial charge < -0.3 is 5.11 Å². The first-order valence-corrected chi connectivity index (χ1v) is 3.78. The van der Waals surface area contributed by atoms with E-state index in [2.05, 4.69) is 13.8 Å². The molecule has 1 nitrogen and oxygen atoms in total. The molecule has 0 spiro atoms. The van der Waals surface area contributed by atoms with Crippen LogP contribution in [0.25, 0.3) is 0 Å². The van der Waals surface area contributed by atoms with Crippen LogP contribution in [-0.4, -0.2) is 11.2 Å². The summed E-state index contributed by atoms with van der Waals surface area (Å²) in [5, 5.41) is 9.24. The standard InChI is InChI=1S/C8H16O/c1-8(2)5-3-4-7(9)6-8/h7,9H,3-6H2,1-2H3/t7-/m0/s1. The van der Waals surface area contributed by atoms with Crippen molar-refractivity contribution in [1.29, 1.82) is 0 Å². The van der Waals surface area contributed by atoms with E-state index < -0.39 is 0 Å². The van der Waals surface area contributed by atoms with Crippen molar-refractivity contribution in [2.45, 2.75) is 45.6 Å². The normalized spacial score (nSPS) is 34.3. The average molecular weight is 128 g/mol. The molecular formula is C8H16O. The minimum absolute atomic E-state index is 0.0197. The molecule has 1 rings (SSSR count). The lowest BCUT2D eigenvalue weighted by molar-refractivity contribution is 0.0663. The Kier molecular flexibility index (Phi) is 1.80. The highest BCUT2D eigenvalue weighted by Gasteiger charge is 2.26. The second kappa shape index (κ2) is 2.30. The van der Waals surface area contributed by atoms with Crippen molar-refractivity contribution in [1.82, 2.24) is 0 Å². The Balaban J connectivity index is 2.41. The van der Waals surface area contributed by atoms with Crippen molar-refractivity contribution in [3.05, 3.63) is 0 Å². The first-order valence-electron chi connectivity index (χ1n) is 3.78. The van der Waals surface area contributed by atoms with Gasteiger partial charge in [0.15, 0.2) is 0 Å². The predicted octanol–water partition coefficient (Wildman–Crippen LogP) is 1.95. The fourth-order valence-electron chi connectivity index (χ4n) is 1.66. The van der Waals surface area contributed by atoms with Crippen LogP contribution >= 0.6 is 0 Å². The van der Waals surface area contributed by atoms with Crippen LogP contribution in [-0.2, 0) is 0 Å². The van der Waals surface area contributed by atoms with Crippen molar-refractivity contribution in [3.8, 4) is 0 Å². The lowest BCUT2D eigenvalue weighted by atomic mass is 9.76. The molecule has 0 heterocycles. The summed E-state index contributed by atoms with van der Waals surface area (Å²) in [6, 6.07) is 0. The Bertz CT molecular complexity index is 96.7. The molecule has 1 atom stereocenters. The van der Waals surface area contributed by atoms with E-state index in [4.69, 9.17) is 0 Å². The summed E-state index contributed by atoms with van der Waals surface area (Å²) >= 11 is 0. The molecule has 54 valence electrons. The number of aliphatic hydroxyl groups is 1. The zero-order chi connectivity index (χ0) is 6.91. The largest absolute Gasteiger partial charge is 0.393 e. The maximum absolute atomic E-state index is 9.24. The van der Waals surface area contributed by atoms with Gasteiger partial charge in [0.2, 0.25) is 0 Å². The van der Waals surface area contributed by atoms with Gasteiger partial charge >= 0.3 is 0 Å². The van der Waals surface area contributed by atoms with Crippen molar-refractivity contribution >= 4 is 0 Å². The lowest BCUT2D eigenvalue weighted by Gasteiger charge is -2.32. The molecule has 0 bridgehead atoms. The molecule has 1 aliphatic rings. The second-order valence-electron chi connectivity index (χ2n) is 3.91. The quantitative estimate of drug-likeness (QED) is 0.528. The van der Waals surface area contributed by atoms with Crippen molar-refractivity contribution < 1.29 is 5.11 Å². The Morgan fingerprint density at radius 1 is 1.44 bits per heavy atom. The summed E-state index contributed by atoms with van der Waals surface area (Å²) in [5.41, 5.74) is 0.400. The monoisotopic (exact) mass is 128 g/mol. The van der Waals surface area contributed by atoms with Gasteiger partial charge in [-0.3, -0.25) is 0 Å². The van der Waals surface area contributed by atoms with E-state index in [1.807, 2.05) is 0 Å². The fourth-order valence-corrected chi connectivity index (χ4v) is 1.66. The first-order chi connectivity index (χ1) is 4.10. The predicted molar refractivity (Wildman–Crippen MR) is 38.3 cm³/mol. The molecule has 0 radical (unpaired) electrons. The number of aliphatic hydroxyl groups excluding tert-OH is 1. The molecule has 0 aromatic rings. The van der Waals surface area contributed by atoms with E-state index in [-0.39, 0.29) is 6.10 Å². The van der Waals surface area contributed by atoms with E-state index in [0.717, 1.165) is 12.8 Å². The van der Waals surface area contributed by atoms with Crippen LogP contribution in [0.3, 0.4) is 0 Å². The van der Waals surface area contributed by atoms with Crippen molar-refractivity contribution in [2.24, 2.45) is 5.41 Å². The smallest absolute Gasteiger partial charge is 0.0545 e. The molecule has 1 fully saturated rings. The SMILES string of the molecule is CC1(C)CCC[C@H](O)C1. The third-order valence-electron chi connectivity index (χ3n) is 2.18. The van der Waals surface area contributed by atoms with Crippen LogP contribution in [0, 0.1) is 5.41 Å². The Hall–Kier alpha value is -0.0400. The van der Waals surface area contributed by atoms with Gasteiger partial charge in [-0.1, -0.05) is 20.3 Å². The van der Waals surface area contributed by atoms with Gasteiger partial charge in [-0.05, 0) is 24.7 Å². The Labute approximate surface area is 57.1 Å². The zero-order valence-corrected chi connectivity index (χ0v) is 6.35. The molecule has 1 aliphatic carbocycles. The highest BCUT2D eigenvalue weighted by atomic mass is 16.3.